The third-order valence-corrected chi connectivity index (χ3v) is 5.91. The van der Waals surface area contributed by atoms with Crippen molar-refractivity contribution in [3.05, 3.63) is 53.2 Å². The summed E-state index contributed by atoms with van der Waals surface area (Å²) in [5, 5.41) is 7.07. The summed E-state index contributed by atoms with van der Waals surface area (Å²) in [4.78, 5) is 20.7. The lowest BCUT2D eigenvalue weighted by Crippen LogP contribution is -2.30. The van der Waals surface area contributed by atoms with Crippen LogP contribution in [0.5, 0.6) is 0 Å². The molecule has 0 bridgehead atoms. The molecule has 0 unspecified atom stereocenters. The average Bonchev–Trinajstić information content (AvgIpc) is 3.23. The normalized spacial score (nSPS) is 13.8. The number of aromatic nitrogens is 2. The Morgan fingerprint density at radius 1 is 1.28 bits per heavy atom. The molecule has 152 valence electrons. The van der Waals surface area contributed by atoms with E-state index in [1.807, 2.05) is 41.3 Å². The number of hydrogen-bond donors (Lipinski definition) is 0. The lowest BCUT2D eigenvalue weighted by molar-refractivity contribution is -0.116. The van der Waals surface area contributed by atoms with Gasteiger partial charge in [-0.15, -0.1) is 11.3 Å². The van der Waals surface area contributed by atoms with Crippen molar-refractivity contribution in [3.8, 4) is 11.3 Å². The number of anilines is 1. The maximum Gasteiger partial charge on any atom is 0.225 e. The quantitative estimate of drug-likeness (QED) is 0.524. The van der Waals surface area contributed by atoms with Crippen LogP contribution in [0.4, 0.5) is 5.13 Å². The minimum Gasteiger partial charge on any atom is -0.361 e. The van der Waals surface area contributed by atoms with Gasteiger partial charge in [0.1, 0.15) is 11.5 Å². The minimum absolute atomic E-state index is 0.0867. The molecule has 0 atom stereocenters. The van der Waals surface area contributed by atoms with Crippen LogP contribution in [-0.4, -0.2) is 40.6 Å². The lowest BCUT2D eigenvalue weighted by Gasteiger charge is -2.17. The zero-order chi connectivity index (χ0) is 20.2. The number of thiazole rings is 1. The van der Waals surface area contributed by atoms with Crippen LogP contribution >= 0.6 is 11.3 Å². The summed E-state index contributed by atoms with van der Waals surface area (Å²) in [7, 11) is 2.10. The number of benzene rings is 1. The Morgan fingerprint density at radius 2 is 2.07 bits per heavy atom. The van der Waals surface area contributed by atoms with Crippen LogP contribution in [0.25, 0.3) is 11.3 Å². The van der Waals surface area contributed by atoms with E-state index in [0.717, 1.165) is 66.6 Å². The standard InChI is InChI=1S/C22H26N4O2S/c1-16(27)26(19-10-11-19)22-23-18(15-29-22)14-25(2)12-6-9-20-13-21(24-28-20)17-7-4-3-5-8-17/h3-5,7-8,13,15,19H,6,9-12,14H2,1-2H3. The van der Waals surface area contributed by atoms with E-state index < -0.39 is 0 Å². The number of carbonyl (C=O) groups excluding carboxylic acids is 1. The Labute approximate surface area is 175 Å². The second-order valence-corrected chi connectivity index (χ2v) is 8.46. The van der Waals surface area contributed by atoms with Gasteiger partial charge in [0.05, 0.1) is 5.69 Å². The van der Waals surface area contributed by atoms with Gasteiger partial charge < -0.3 is 9.42 Å². The molecule has 0 N–H and O–H groups in total. The summed E-state index contributed by atoms with van der Waals surface area (Å²) < 4.78 is 5.48. The van der Waals surface area contributed by atoms with Gasteiger partial charge in [-0.2, -0.15) is 0 Å². The molecule has 6 nitrogen and oxygen atoms in total. The van der Waals surface area contributed by atoms with Crippen molar-refractivity contribution >= 4 is 22.4 Å². The Morgan fingerprint density at radius 3 is 2.79 bits per heavy atom. The first-order chi connectivity index (χ1) is 14.1. The molecular weight excluding hydrogens is 384 g/mol. The third kappa shape index (κ3) is 5.10. The van der Waals surface area contributed by atoms with Gasteiger partial charge in [-0.1, -0.05) is 35.5 Å². The molecule has 0 aliphatic heterocycles. The molecule has 1 fully saturated rings. The molecule has 1 aliphatic rings. The fourth-order valence-electron chi connectivity index (χ4n) is 3.41. The maximum absolute atomic E-state index is 11.9. The van der Waals surface area contributed by atoms with Gasteiger partial charge in [0.2, 0.25) is 5.91 Å². The van der Waals surface area contributed by atoms with Gasteiger partial charge in [-0.05, 0) is 32.9 Å². The van der Waals surface area contributed by atoms with Crippen LogP contribution < -0.4 is 4.90 Å². The monoisotopic (exact) mass is 410 g/mol. The molecule has 1 aromatic carbocycles. The molecule has 0 spiro atoms. The first-order valence-electron chi connectivity index (χ1n) is 10.0. The summed E-state index contributed by atoms with van der Waals surface area (Å²) in [5.41, 5.74) is 2.98. The third-order valence-electron chi connectivity index (χ3n) is 5.02. The van der Waals surface area contributed by atoms with Crippen LogP contribution in [0, 0.1) is 0 Å². The predicted octanol–water partition coefficient (Wildman–Crippen LogP) is 4.38. The molecule has 0 radical (unpaired) electrons. The topological polar surface area (TPSA) is 62.5 Å². The SMILES string of the molecule is CC(=O)N(c1nc(CN(C)CCCc2cc(-c3ccccc3)no2)cs1)C1CC1. The summed E-state index contributed by atoms with van der Waals surface area (Å²) in [6.07, 6.45) is 4.01. The van der Waals surface area contributed by atoms with Crippen LogP contribution in [0.1, 0.15) is 37.6 Å². The highest BCUT2D eigenvalue weighted by atomic mass is 32.1. The number of hydrogen-bond acceptors (Lipinski definition) is 6. The molecule has 0 saturated heterocycles. The van der Waals surface area contributed by atoms with Crippen LogP contribution in [0.3, 0.4) is 0 Å². The molecule has 1 amide bonds. The van der Waals surface area contributed by atoms with Crippen LogP contribution in [0.2, 0.25) is 0 Å². The number of nitrogens with zero attached hydrogens (tertiary/aromatic N) is 4. The molecule has 4 rings (SSSR count). The zero-order valence-corrected chi connectivity index (χ0v) is 17.7. The molecule has 1 aliphatic carbocycles. The highest BCUT2D eigenvalue weighted by Gasteiger charge is 2.33. The smallest absolute Gasteiger partial charge is 0.225 e. The average molecular weight is 411 g/mol. The fourth-order valence-corrected chi connectivity index (χ4v) is 4.34. The van der Waals surface area contributed by atoms with E-state index >= 15 is 0 Å². The molecule has 2 aromatic heterocycles. The van der Waals surface area contributed by atoms with Gasteiger partial charge in [0, 0.05) is 42.9 Å². The molecule has 7 heteroatoms. The number of amides is 1. The van der Waals surface area contributed by atoms with E-state index in [-0.39, 0.29) is 5.91 Å². The van der Waals surface area contributed by atoms with Crippen molar-refractivity contribution in [2.24, 2.45) is 0 Å². The van der Waals surface area contributed by atoms with Crippen molar-refractivity contribution in [3.63, 3.8) is 0 Å². The maximum atomic E-state index is 11.9. The largest absolute Gasteiger partial charge is 0.361 e. The lowest BCUT2D eigenvalue weighted by atomic mass is 10.1. The summed E-state index contributed by atoms with van der Waals surface area (Å²) in [6.45, 7) is 3.34. The number of carbonyl (C=O) groups is 1. The first kappa shape index (κ1) is 19.8. The summed E-state index contributed by atoms with van der Waals surface area (Å²) >= 11 is 1.56. The second kappa shape index (κ2) is 8.88. The van der Waals surface area contributed by atoms with Gasteiger partial charge in [0.25, 0.3) is 0 Å². The van der Waals surface area contributed by atoms with Crippen molar-refractivity contribution < 1.29 is 9.32 Å². The number of aryl methyl sites for hydroxylation is 1. The Balaban J connectivity index is 1.25. The van der Waals surface area contributed by atoms with Gasteiger partial charge in [-0.3, -0.25) is 9.69 Å². The van der Waals surface area contributed by atoms with E-state index in [9.17, 15) is 4.79 Å². The van der Waals surface area contributed by atoms with Gasteiger partial charge in [0.15, 0.2) is 5.13 Å². The minimum atomic E-state index is 0.0867. The molecule has 2 heterocycles. The predicted molar refractivity (Wildman–Crippen MR) is 115 cm³/mol. The van der Waals surface area contributed by atoms with E-state index in [4.69, 9.17) is 4.52 Å². The Bertz CT molecular complexity index is 949. The molecule has 3 aromatic rings. The first-order valence-corrected chi connectivity index (χ1v) is 10.9. The summed E-state index contributed by atoms with van der Waals surface area (Å²) in [5.74, 6) is 0.999. The fraction of sp³-hybridized carbons (Fsp3) is 0.409. The molecule has 29 heavy (non-hydrogen) atoms. The number of rotatable bonds is 9. The van der Waals surface area contributed by atoms with E-state index in [2.05, 4.69) is 27.5 Å². The van der Waals surface area contributed by atoms with Crippen molar-refractivity contribution in [2.75, 3.05) is 18.5 Å². The van der Waals surface area contributed by atoms with Gasteiger partial charge in [-0.25, -0.2) is 4.98 Å². The Kier molecular flexibility index (Phi) is 6.06. The zero-order valence-electron chi connectivity index (χ0n) is 16.9. The van der Waals surface area contributed by atoms with E-state index in [1.165, 1.54) is 0 Å². The highest BCUT2D eigenvalue weighted by Crippen LogP contribution is 2.33. The van der Waals surface area contributed by atoms with Gasteiger partial charge >= 0.3 is 0 Å². The van der Waals surface area contributed by atoms with Crippen molar-refractivity contribution in [1.82, 2.24) is 15.0 Å². The summed E-state index contributed by atoms with van der Waals surface area (Å²) in [6, 6.07) is 12.4. The van der Waals surface area contributed by atoms with E-state index in [0.29, 0.717) is 6.04 Å². The molecular formula is C22H26N4O2S. The highest BCUT2D eigenvalue weighted by molar-refractivity contribution is 7.14. The van der Waals surface area contributed by atoms with Crippen LogP contribution in [0.15, 0.2) is 46.3 Å². The van der Waals surface area contributed by atoms with E-state index in [1.54, 1.807) is 18.3 Å². The second-order valence-electron chi connectivity index (χ2n) is 7.63. The van der Waals surface area contributed by atoms with Crippen LogP contribution in [-0.2, 0) is 17.8 Å². The van der Waals surface area contributed by atoms with Crippen molar-refractivity contribution in [1.29, 1.82) is 0 Å². The molecule has 1 saturated carbocycles. The van der Waals surface area contributed by atoms with Crippen molar-refractivity contribution in [2.45, 2.75) is 45.2 Å². The Hall–Kier alpha value is -2.51.